The molecule has 2 aliphatic rings. The Labute approximate surface area is 162 Å². The van der Waals surface area contributed by atoms with Gasteiger partial charge in [-0.3, -0.25) is 14.3 Å². The molecule has 0 saturated carbocycles. The molecule has 2 aromatic heterocycles. The van der Waals surface area contributed by atoms with Crippen LogP contribution in [0.2, 0.25) is 0 Å². The van der Waals surface area contributed by atoms with Gasteiger partial charge in [0.15, 0.2) is 5.69 Å². The van der Waals surface area contributed by atoms with Crippen molar-refractivity contribution >= 4 is 11.8 Å². The lowest BCUT2D eigenvalue weighted by molar-refractivity contribution is 0.0712. The van der Waals surface area contributed by atoms with Crippen molar-refractivity contribution in [3.63, 3.8) is 0 Å². The molecule has 0 N–H and O–H groups in total. The highest BCUT2D eigenvalue weighted by molar-refractivity contribution is 5.95. The summed E-state index contributed by atoms with van der Waals surface area (Å²) in [6.07, 6.45) is 4.41. The van der Waals surface area contributed by atoms with E-state index in [1.165, 1.54) is 4.68 Å². The quantitative estimate of drug-likeness (QED) is 0.772. The first-order chi connectivity index (χ1) is 13.4. The van der Waals surface area contributed by atoms with Crippen LogP contribution in [0.3, 0.4) is 0 Å². The van der Waals surface area contributed by atoms with Crippen molar-refractivity contribution in [2.45, 2.75) is 44.9 Å². The Balaban J connectivity index is 1.48. The topological polar surface area (TPSA) is 89.2 Å². The highest BCUT2D eigenvalue weighted by Gasteiger charge is 2.37. The van der Waals surface area contributed by atoms with E-state index in [4.69, 9.17) is 0 Å². The number of carbonyl (C=O) groups excluding carboxylic acids is 2. The maximum atomic E-state index is 14.1. The highest BCUT2D eigenvalue weighted by atomic mass is 19.1. The van der Waals surface area contributed by atoms with E-state index in [-0.39, 0.29) is 36.5 Å². The van der Waals surface area contributed by atoms with Crippen LogP contribution in [0.15, 0.2) is 12.4 Å². The van der Waals surface area contributed by atoms with E-state index >= 15 is 0 Å². The van der Waals surface area contributed by atoms with Crippen molar-refractivity contribution in [3.05, 3.63) is 29.3 Å². The average Bonchev–Trinajstić information content (AvgIpc) is 3.42. The summed E-state index contributed by atoms with van der Waals surface area (Å²) in [5.74, 6) is -0.360. The van der Waals surface area contributed by atoms with Crippen LogP contribution in [0, 0.1) is 6.92 Å². The van der Waals surface area contributed by atoms with E-state index in [1.807, 2.05) is 0 Å². The second-order valence-electron chi connectivity index (χ2n) is 7.57. The van der Waals surface area contributed by atoms with Gasteiger partial charge in [0.1, 0.15) is 6.17 Å². The maximum Gasteiger partial charge on any atom is 0.276 e. The zero-order valence-electron chi connectivity index (χ0n) is 16.1. The lowest BCUT2D eigenvalue weighted by Crippen LogP contribution is -2.38. The van der Waals surface area contributed by atoms with Crippen LogP contribution >= 0.6 is 0 Å². The number of aromatic nitrogens is 5. The molecule has 0 aromatic carbocycles. The number of carbonyl (C=O) groups is 2. The van der Waals surface area contributed by atoms with E-state index in [1.54, 1.807) is 40.8 Å². The fraction of sp³-hybridized carbons (Fsp3) is 0.611. The van der Waals surface area contributed by atoms with Crippen LogP contribution < -0.4 is 0 Å². The first-order valence-electron chi connectivity index (χ1n) is 9.57. The molecule has 2 atom stereocenters. The van der Waals surface area contributed by atoms with Crippen LogP contribution in [0.4, 0.5) is 4.39 Å². The molecule has 4 rings (SSSR count). The van der Waals surface area contributed by atoms with Crippen LogP contribution in [0.5, 0.6) is 0 Å². The summed E-state index contributed by atoms with van der Waals surface area (Å²) < 4.78 is 17.2. The molecular weight excluding hydrogens is 365 g/mol. The summed E-state index contributed by atoms with van der Waals surface area (Å²) in [5, 5.41) is 12.2. The lowest BCUT2D eigenvalue weighted by Gasteiger charge is -2.23. The fourth-order valence-electron chi connectivity index (χ4n) is 4.03. The van der Waals surface area contributed by atoms with Gasteiger partial charge in [0.2, 0.25) is 0 Å². The monoisotopic (exact) mass is 389 g/mol. The van der Waals surface area contributed by atoms with Gasteiger partial charge in [0, 0.05) is 32.8 Å². The molecule has 0 bridgehead atoms. The third kappa shape index (κ3) is 3.50. The van der Waals surface area contributed by atoms with Gasteiger partial charge in [-0.25, -0.2) is 9.07 Å². The van der Waals surface area contributed by atoms with Gasteiger partial charge in [-0.1, -0.05) is 5.21 Å². The predicted molar refractivity (Wildman–Crippen MR) is 97.4 cm³/mol. The summed E-state index contributed by atoms with van der Waals surface area (Å²) >= 11 is 0. The Morgan fingerprint density at radius 1 is 1.21 bits per heavy atom. The Kier molecular flexibility index (Phi) is 4.86. The molecule has 0 spiro atoms. The number of hydrogen-bond acceptors (Lipinski definition) is 5. The number of nitrogens with zero attached hydrogens (tertiary/aromatic N) is 7. The van der Waals surface area contributed by atoms with Crippen molar-refractivity contribution < 1.29 is 14.0 Å². The third-order valence-electron chi connectivity index (χ3n) is 5.42. The van der Waals surface area contributed by atoms with Gasteiger partial charge in [0.05, 0.1) is 36.6 Å². The van der Waals surface area contributed by atoms with E-state index in [9.17, 15) is 14.0 Å². The molecule has 2 aliphatic heterocycles. The van der Waals surface area contributed by atoms with Crippen LogP contribution in [-0.4, -0.2) is 78.2 Å². The van der Waals surface area contributed by atoms with Crippen molar-refractivity contribution in [2.75, 3.05) is 19.6 Å². The van der Waals surface area contributed by atoms with Gasteiger partial charge >= 0.3 is 0 Å². The first-order valence-corrected chi connectivity index (χ1v) is 9.57. The third-order valence-corrected chi connectivity index (χ3v) is 5.42. The van der Waals surface area contributed by atoms with Crippen molar-refractivity contribution in [3.8, 4) is 0 Å². The molecule has 2 amide bonds. The summed E-state index contributed by atoms with van der Waals surface area (Å²) in [5.41, 5.74) is 1.38. The zero-order chi connectivity index (χ0) is 19.8. The minimum Gasteiger partial charge on any atom is -0.337 e. The number of hydrogen-bond donors (Lipinski definition) is 0. The smallest absolute Gasteiger partial charge is 0.276 e. The Bertz CT molecular complexity index is 886. The largest absolute Gasteiger partial charge is 0.337 e. The Morgan fingerprint density at radius 2 is 1.96 bits per heavy atom. The van der Waals surface area contributed by atoms with Gasteiger partial charge in [-0.15, -0.1) is 5.10 Å². The lowest BCUT2D eigenvalue weighted by atomic mass is 10.2. The maximum absolute atomic E-state index is 14.1. The fourth-order valence-corrected chi connectivity index (χ4v) is 4.03. The first kappa shape index (κ1) is 18.6. The molecule has 0 radical (unpaired) electrons. The summed E-state index contributed by atoms with van der Waals surface area (Å²) in [6.45, 7) is 3.59. The molecule has 4 heterocycles. The van der Waals surface area contributed by atoms with E-state index in [0.29, 0.717) is 17.8 Å². The predicted octanol–water partition coefficient (Wildman–Crippen LogP) is 0.809. The number of likely N-dealkylation sites (tertiary alicyclic amines) is 2. The van der Waals surface area contributed by atoms with Crippen molar-refractivity contribution in [1.29, 1.82) is 0 Å². The summed E-state index contributed by atoms with van der Waals surface area (Å²) in [4.78, 5) is 28.6. The van der Waals surface area contributed by atoms with E-state index < -0.39 is 6.17 Å². The number of amides is 2. The molecule has 2 saturated heterocycles. The second kappa shape index (κ2) is 7.33. The molecule has 2 aromatic rings. The molecular formula is C18H24FN7O2. The second-order valence-corrected chi connectivity index (χ2v) is 7.57. The summed E-state index contributed by atoms with van der Waals surface area (Å²) in [7, 11) is 1.75. The molecule has 10 heteroatoms. The van der Waals surface area contributed by atoms with Gasteiger partial charge < -0.3 is 9.80 Å². The van der Waals surface area contributed by atoms with Gasteiger partial charge in [-0.05, 0) is 19.8 Å². The van der Waals surface area contributed by atoms with Crippen molar-refractivity contribution in [1.82, 2.24) is 34.6 Å². The minimum absolute atomic E-state index is 0.0477. The van der Waals surface area contributed by atoms with E-state index in [0.717, 1.165) is 25.9 Å². The number of rotatable bonds is 4. The van der Waals surface area contributed by atoms with Gasteiger partial charge in [-0.2, -0.15) is 5.10 Å². The van der Waals surface area contributed by atoms with Gasteiger partial charge in [0.25, 0.3) is 11.8 Å². The molecule has 28 heavy (non-hydrogen) atoms. The molecule has 0 unspecified atom stereocenters. The molecule has 150 valence electrons. The van der Waals surface area contributed by atoms with Crippen LogP contribution in [-0.2, 0) is 13.6 Å². The normalized spacial score (nSPS) is 22.2. The molecule has 9 nitrogen and oxygen atoms in total. The summed E-state index contributed by atoms with van der Waals surface area (Å²) in [6, 6.07) is -0.349. The highest BCUT2D eigenvalue weighted by Crippen LogP contribution is 2.25. The Hall–Kier alpha value is -2.78. The number of halogens is 1. The van der Waals surface area contributed by atoms with Crippen LogP contribution in [0.25, 0.3) is 0 Å². The average molecular weight is 389 g/mol. The van der Waals surface area contributed by atoms with Crippen LogP contribution in [0.1, 0.15) is 45.8 Å². The molecule has 2 fully saturated rings. The number of alkyl halides is 1. The van der Waals surface area contributed by atoms with E-state index in [2.05, 4.69) is 15.4 Å². The molecule has 0 aliphatic carbocycles. The van der Waals surface area contributed by atoms with Crippen molar-refractivity contribution in [2.24, 2.45) is 7.05 Å². The number of aryl methyl sites for hydroxylation is 2. The minimum atomic E-state index is -1.08. The standard InChI is InChI=1S/C18H24FN7O2/c1-12-15(10-23(2)21-12)17(27)26-8-13(19)7-14(26)9-25-11-16(20-22-25)18(28)24-5-3-4-6-24/h10-11,13-14H,3-9H2,1-2H3/t13-,14-/m0/s1. The SMILES string of the molecule is Cc1nn(C)cc1C(=O)N1C[C@@H](F)C[C@H]1Cn1cc(C(=O)N2CCCC2)nn1. The Morgan fingerprint density at radius 3 is 2.64 bits per heavy atom. The zero-order valence-corrected chi connectivity index (χ0v) is 16.1.